The Hall–Kier alpha value is -4.06. The van der Waals surface area contributed by atoms with Crippen LogP contribution in [0.15, 0.2) is 88.4 Å². The van der Waals surface area contributed by atoms with Crippen molar-refractivity contribution in [3.8, 4) is 28.7 Å². The molecule has 0 aliphatic rings. The second kappa shape index (κ2) is 7.40. The first-order valence-electron chi connectivity index (χ1n) is 9.74. The van der Waals surface area contributed by atoms with Crippen molar-refractivity contribution < 1.29 is 4.52 Å². The lowest BCUT2D eigenvalue weighted by Gasteiger charge is -2.11. The van der Waals surface area contributed by atoms with Crippen molar-refractivity contribution in [3.63, 3.8) is 0 Å². The van der Waals surface area contributed by atoms with Crippen molar-refractivity contribution in [2.45, 2.75) is 13.3 Å². The fourth-order valence-electron chi connectivity index (χ4n) is 3.48. The molecule has 0 radical (unpaired) electrons. The average Bonchev–Trinajstić information content (AvgIpc) is 3.30. The van der Waals surface area contributed by atoms with E-state index >= 15 is 0 Å². The van der Waals surface area contributed by atoms with Gasteiger partial charge in [-0.15, -0.1) is 0 Å². The summed E-state index contributed by atoms with van der Waals surface area (Å²) in [6, 6.07) is 20.9. The molecule has 2 aromatic carbocycles. The van der Waals surface area contributed by atoms with Crippen molar-refractivity contribution in [2.75, 3.05) is 0 Å². The van der Waals surface area contributed by atoms with Crippen LogP contribution >= 0.6 is 0 Å². The molecule has 0 spiro atoms. The van der Waals surface area contributed by atoms with Crippen LogP contribution in [0, 0.1) is 0 Å². The van der Waals surface area contributed by atoms with Gasteiger partial charge in [-0.05, 0) is 42.3 Å². The number of fused-ring (bicyclic) bond motifs is 1. The van der Waals surface area contributed by atoms with Crippen molar-refractivity contribution in [3.05, 3.63) is 95.0 Å². The number of rotatable bonds is 4. The van der Waals surface area contributed by atoms with Crippen LogP contribution in [0.3, 0.4) is 0 Å². The van der Waals surface area contributed by atoms with E-state index in [0.29, 0.717) is 28.4 Å². The van der Waals surface area contributed by atoms with Crippen LogP contribution in [-0.4, -0.2) is 19.7 Å². The van der Waals surface area contributed by atoms with Gasteiger partial charge >= 0.3 is 0 Å². The molecule has 0 saturated carbocycles. The lowest BCUT2D eigenvalue weighted by atomic mass is 10.1. The maximum absolute atomic E-state index is 13.2. The highest BCUT2D eigenvalue weighted by molar-refractivity contribution is 5.94. The van der Waals surface area contributed by atoms with E-state index in [1.807, 2.05) is 66.7 Å². The zero-order chi connectivity index (χ0) is 20.5. The van der Waals surface area contributed by atoms with Crippen LogP contribution in [0.1, 0.15) is 12.5 Å². The molecule has 6 nitrogen and oxygen atoms in total. The van der Waals surface area contributed by atoms with Gasteiger partial charge in [0.15, 0.2) is 0 Å². The summed E-state index contributed by atoms with van der Waals surface area (Å²) in [6.45, 7) is 2.10. The maximum Gasteiger partial charge on any atom is 0.262 e. The van der Waals surface area contributed by atoms with Gasteiger partial charge in [0.05, 0.1) is 5.56 Å². The first-order chi connectivity index (χ1) is 14.7. The Morgan fingerprint density at radius 1 is 0.933 bits per heavy atom. The molecule has 30 heavy (non-hydrogen) atoms. The number of nitrogens with zero attached hydrogens (tertiary/aromatic N) is 4. The molecule has 0 amide bonds. The van der Waals surface area contributed by atoms with Gasteiger partial charge in [-0.2, -0.15) is 4.98 Å². The molecule has 5 aromatic rings. The van der Waals surface area contributed by atoms with Crippen molar-refractivity contribution in [2.24, 2.45) is 0 Å². The summed E-state index contributed by atoms with van der Waals surface area (Å²) in [4.78, 5) is 22.0. The zero-order valence-electron chi connectivity index (χ0n) is 16.3. The van der Waals surface area contributed by atoms with E-state index in [1.165, 1.54) is 5.56 Å². The van der Waals surface area contributed by atoms with Gasteiger partial charge in [0.2, 0.25) is 5.82 Å². The molecule has 0 unspecified atom stereocenters. The Kier molecular flexibility index (Phi) is 4.44. The van der Waals surface area contributed by atoms with Gasteiger partial charge in [-0.1, -0.05) is 48.5 Å². The molecular formula is C24H18N4O2. The first-order valence-corrected chi connectivity index (χ1v) is 9.74. The molecule has 5 rings (SSSR count). The van der Waals surface area contributed by atoms with Crippen LogP contribution in [0.4, 0.5) is 0 Å². The molecule has 3 heterocycles. The number of aromatic nitrogens is 4. The van der Waals surface area contributed by atoms with E-state index in [9.17, 15) is 4.79 Å². The summed E-state index contributed by atoms with van der Waals surface area (Å²) in [5.74, 6) is 0.741. The number of hydrogen-bond acceptors (Lipinski definition) is 5. The van der Waals surface area contributed by atoms with Gasteiger partial charge in [-0.3, -0.25) is 14.3 Å². The van der Waals surface area contributed by atoms with E-state index in [1.54, 1.807) is 17.0 Å². The normalized spacial score (nSPS) is 11.1. The molecule has 0 bridgehead atoms. The second-order valence-electron chi connectivity index (χ2n) is 6.92. The minimum atomic E-state index is -0.0944. The van der Waals surface area contributed by atoms with Crippen molar-refractivity contribution in [1.29, 1.82) is 0 Å². The van der Waals surface area contributed by atoms with Crippen LogP contribution in [0.5, 0.6) is 0 Å². The highest BCUT2D eigenvalue weighted by Gasteiger charge is 2.17. The third-order valence-corrected chi connectivity index (χ3v) is 5.10. The molecule has 0 fully saturated rings. The Balaban J connectivity index is 1.71. The molecule has 3 aromatic heterocycles. The molecule has 0 aliphatic heterocycles. The SMILES string of the molecule is CCc1ccc(-n2cc(-c3nc(-c4ccccn4)no3)c3ccccc3c2=O)cc1. The lowest BCUT2D eigenvalue weighted by Crippen LogP contribution is -2.18. The van der Waals surface area contributed by atoms with Crippen LogP contribution in [0.25, 0.3) is 39.4 Å². The standard InChI is InChI=1S/C24H18N4O2/c1-2-16-10-12-17(13-11-16)28-15-20(18-7-3-4-8-19(18)24(28)29)23-26-22(27-30-23)21-9-5-6-14-25-21/h3-15H,2H2,1H3. The Labute approximate surface area is 172 Å². The predicted octanol–water partition coefficient (Wildman–Crippen LogP) is 4.67. The highest BCUT2D eigenvalue weighted by Crippen LogP contribution is 2.28. The summed E-state index contributed by atoms with van der Waals surface area (Å²) in [5.41, 5.74) is 3.22. The van der Waals surface area contributed by atoms with E-state index in [4.69, 9.17) is 4.52 Å². The monoisotopic (exact) mass is 394 g/mol. The molecular weight excluding hydrogens is 376 g/mol. The molecule has 0 atom stereocenters. The number of pyridine rings is 2. The summed E-state index contributed by atoms with van der Waals surface area (Å²) in [7, 11) is 0. The second-order valence-corrected chi connectivity index (χ2v) is 6.92. The minimum Gasteiger partial charge on any atom is -0.333 e. The van der Waals surface area contributed by atoms with Crippen LogP contribution in [0.2, 0.25) is 0 Å². The summed E-state index contributed by atoms with van der Waals surface area (Å²) < 4.78 is 7.19. The molecule has 146 valence electrons. The first kappa shape index (κ1) is 18.0. The van der Waals surface area contributed by atoms with Gasteiger partial charge in [0, 0.05) is 28.9 Å². The number of benzene rings is 2. The minimum absolute atomic E-state index is 0.0944. The predicted molar refractivity (Wildman–Crippen MR) is 115 cm³/mol. The largest absolute Gasteiger partial charge is 0.333 e. The van der Waals surface area contributed by atoms with Crippen LogP contribution in [-0.2, 0) is 6.42 Å². The van der Waals surface area contributed by atoms with E-state index < -0.39 is 0 Å². The Bertz CT molecular complexity index is 1390. The smallest absolute Gasteiger partial charge is 0.262 e. The zero-order valence-corrected chi connectivity index (χ0v) is 16.3. The fourth-order valence-corrected chi connectivity index (χ4v) is 3.48. The summed E-state index contributed by atoms with van der Waals surface area (Å²) in [5, 5.41) is 5.44. The topological polar surface area (TPSA) is 73.8 Å². The summed E-state index contributed by atoms with van der Waals surface area (Å²) >= 11 is 0. The van der Waals surface area contributed by atoms with Gasteiger partial charge < -0.3 is 4.52 Å². The third-order valence-electron chi connectivity index (χ3n) is 5.10. The van der Waals surface area contributed by atoms with E-state index in [0.717, 1.165) is 17.5 Å². The lowest BCUT2D eigenvalue weighted by molar-refractivity contribution is 0.432. The maximum atomic E-state index is 13.2. The molecule has 0 saturated heterocycles. The number of aryl methyl sites for hydroxylation is 1. The van der Waals surface area contributed by atoms with Gasteiger partial charge in [0.25, 0.3) is 11.4 Å². The number of hydrogen-bond donors (Lipinski definition) is 0. The highest BCUT2D eigenvalue weighted by atomic mass is 16.5. The summed E-state index contributed by atoms with van der Waals surface area (Å²) in [6.07, 6.45) is 4.39. The quantitative estimate of drug-likeness (QED) is 0.443. The van der Waals surface area contributed by atoms with E-state index in [2.05, 4.69) is 22.0 Å². The average molecular weight is 394 g/mol. The molecule has 0 N–H and O–H groups in total. The van der Waals surface area contributed by atoms with Gasteiger partial charge in [-0.25, -0.2) is 0 Å². The van der Waals surface area contributed by atoms with Gasteiger partial charge in [0.1, 0.15) is 5.69 Å². The van der Waals surface area contributed by atoms with Crippen molar-refractivity contribution >= 4 is 10.8 Å². The molecule has 6 heteroatoms. The molecule has 0 aliphatic carbocycles. The fraction of sp³-hybridized carbons (Fsp3) is 0.0833. The Morgan fingerprint density at radius 3 is 2.43 bits per heavy atom. The Morgan fingerprint density at radius 2 is 1.70 bits per heavy atom. The van der Waals surface area contributed by atoms with E-state index in [-0.39, 0.29) is 5.56 Å². The van der Waals surface area contributed by atoms with Crippen molar-refractivity contribution in [1.82, 2.24) is 19.7 Å². The third kappa shape index (κ3) is 3.08. The van der Waals surface area contributed by atoms with Crippen LogP contribution < -0.4 is 5.56 Å².